The summed E-state index contributed by atoms with van der Waals surface area (Å²) in [5.41, 5.74) is 2.79. The fourth-order valence-electron chi connectivity index (χ4n) is 3.13. The van der Waals surface area contributed by atoms with Crippen molar-refractivity contribution in [2.45, 2.75) is 13.5 Å². The average Bonchev–Trinajstić information content (AvgIpc) is 3.29. The lowest BCUT2D eigenvalue weighted by Gasteiger charge is -2.14. The van der Waals surface area contributed by atoms with Gasteiger partial charge in [0.2, 0.25) is 0 Å². The molecule has 1 saturated heterocycles. The van der Waals surface area contributed by atoms with E-state index in [0.717, 1.165) is 11.1 Å². The predicted octanol–water partition coefficient (Wildman–Crippen LogP) is 5.35. The highest BCUT2D eigenvalue weighted by Crippen LogP contribution is 2.35. The summed E-state index contributed by atoms with van der Waals surface area (Å²) in [6.07, 6.45) is 1.67. The molecule has 3 aromatic rings. The number of rotatable bonds is 5. The molecular formula is C23H17NO4S2. The van der Waals surface area contributed by atoms with Crippen LogP contribution in [0.25, 0.3) is 17.4 Å². The van der Waals surface area contributed by atoms with E-state index >= 15 is 0 Å². The second-order valence-corrected chi connectivity index (χ2v) is 8.47. The number of carbonyl (C=O) groups excluding carboxylic acids is 1. The average molecular weight is 436 g/mol. The Labute approximate surface area is 183 Å². The molecule has 0 aliphatic carbocycles. The fraction of sp³-hybridized carbons (Fsp3) is 0.0870. The van der Waals surface area contributed by atoms with E-state index < -0.39 is 5.97 Å². The number of nitrogens with zero attached hydrogens (tertiary/aromatic N) is 1. The van der Waals surface area contributed by atoms with Crippen LogP contribution in [0.5, 0.6) is 0 Å². The largest absolute Gasteiger partial charge is 0.478 e. The Balaban J connectivity index is 1.57. The van der Waals surface area contributed by atoms with E-state index in [2.05, 4.69) is 0 Å². The minimum absolute atomic E-state index is 0.157. The third-order valence-corrected chi connectivity index (χ3v) is 6.08. The summed E-state index contributed by atoms with van der Waals surface area (Å²) < 4.78 is 6.39. The molecule has 1 N–H and O–H groups in total. The van der Waals surface area contributed by atoms with Crippen LogP contribution in [0.1, 0.15) is 27.2 Å². The highest BCUT2D eigenvalue weighted by Gasteiger charge is 2.32. The Morgan fingerprint density at radius 3 is 2.67 bits per heavy atom. The minimum atomic E-state index is -0.995. The zero-order valence-corrected chi connectivity index (χ0v) is 17.6. The normalized spacial score (nSPS) is 15.2. The smallest absolute Gasteiger partial charge is 0.335 e. The quantitative estimate of drug-likeness (QED) is 0.430. The van der Waals surface area contributed by atoms with E-state index in [1.807, 2.05) is 37.3 Å². The molecule has 0 atom stereocenters. The number of thioether (sulfide) groups is 1. The lowest BCUT2D eigenvalue weighted by atomic mass is 10.0. The lowest BCUT2D eigenvalue weighted by Crippen LogP contribution is -2.27. The number of hydrogen-bond acceptors (Lipinski definition) is 5. The molecule has 0 radical (unpaired) electrons. The van der Waals surface area contributed by atoms with Gasteiger partial charge in [-0.15, -0.1) is 0 Å². The standard InChI is InChI=1S/C23H17NO4S2/c1-14-7-8-16(22(26)27)11-18(14)19-10-9-17(28-19)12-20-21(25)24(23(29)30-20)13-15-5-3-2-4-6-15/h2-12H,13H2,1H3,(H,26,27)/b20-12+. The molecule has 1 fully saturated rings. The van der Waals surface area contributed by atoms with Gasteiger partial charge < -0.3 is 9.52 Å². The predicted molar refractivity (Wildman–Crippen MR) is 121 cm³/mol. The zero-order valence-electron chi connectivity index (χ0n) is 16.0. The number of aryl methyl sites for hydroxylation is 1. The molecule has 0 bridgehead atoms. The molecule has 150 valence electrons. The van der Waals surface area contributed by atoms with Crippen molar-refractivity contribution >= 4 is 46.3 Å². The monoisotopic (exact) mass is 435 g/mol. The number of aromatic carboxylic acids is 1. The third-order valence-electron chi connectivity index (χ3n) is 4.71. The van der Waals surface area contributed by atoms with Crippen LogP contribution in [0.2, 0.25) is 0 Å². The Hall–Kier alpha value is -3.16. The molecular weight excluding hydrogens is 418 g/mol. The highest BCUT2D eigenvalue weighted by atomic mass is 32.2. The van der Waals surface area contributed by atoms with Gasteiger partial charge in [0.05, 0.1) is 17.0 Å². The van der Waals surface area contributed by atoms with Crippen molar-refractivity contribution < 1.29 is 19.1 Å². The summed E-state index contributed by atoms with van der Waals surface area (Å²) in [5.74, 6) is -0.104. The molecule has 5 nitrogen and oxygen atoms in total. The van der Waals surface area contributed by atoms with Crippen molar-refractivity contribution in [2.75, 3.05) is 0 Å². The van der Waals surface area contributed by atoms with Gasteiger partial charge >= 0.3 is 5.97 Å². The molecule has 1 aromatic heterocycles. The Morgan fingerprint density at radius 2 is 1.93 bits per heavy atom. The second-order valence-electron chi connectivity index (χ2n) is 6.79. The summed E-state index contributed by atoms with van der Waals surface area (Å²) in [6, 6.07) is 18.1. The number of carboxylic acid groups (broad SMARTS) is 1. The van der Waals surface area contributed by atoms with Crippen LogP contribution in [0.4, 0.5) is 0 Å². The Kier molecular flexibility index (Phi) is 5.57. The van der Waals surface area contributed by atoms with Crippen molar-refractivity contribution in [2.24, 2.45) is 0 Å². The van der Waals surface area contributed by atoms with E-state index in [-0.39, 0.29) is 11.5 Å². The van der Waals surface area contributed by atoms with Crippen LogP contribution < -0.4 is 0 Å². The van der Waals surface area contributed by atoms with Gasteiger partial charge in [0, 0.05) is 11.6 Å². The van der Waals surface area contributed by atoms with Crippen LogP contribution >= 0.6 is 24.0 Å². The molecule has 0 saturated carbocycles. The zero-order chi connectivity index (χ0) is 21.3. The van der Waals surface area contributed by atoms with Crippen LogP contribution in [-0.2, 0) is 11.3 Å². The number of amides is 1. The van der Waals surface area contributed by atoms with Crippen molar-refractivity contribution in [3.05, 3.63) is 88.0 Å². The van der Waals surface area contributed by atoms with Crippen LogP contribution in [0.15, 0.2) is 70.0 Å². The van der Waals surface area contributed by atoms with Gasteiger partial charge in [-0.3, -0.25) is 9.69 Å². The van der Waals surface area contributed by atoms with Crippen molar-refractivity contribution in [1.82, 2.24) is 4.90 Å². The maximum absolute atomic E-state index is 12.8. The third kappa shape index (κ3) is 4.08. The number of hydrogen-bond donors (Lipinski definition) is 1. The first-order valence-electron chi connectivity index (χ1n) is 9.16. The van der Waals surface area contributed by atoms with E-state index in [9.17, 15) is 14.7 Å². The van der Waals surface area contributed by atoms with Gasteiger partial charge in [0.15, 0.2) is 0 Å². The van der Waals surface area contributed by atoms with E-state index in [1.165, 1.54) is 11.8 Å². The van der Waals surface area contributed by atoms with E-state index in [4.69, 9.17) is 16.6 Å². The van der Waals surface area contributed by atoms with Gasteiger partial charge in [0.1, 0.15) is 15.8 Å². The number of thiocarbonyl (C=S) groups is 1. The summed E-state index contributed by atoms with van der Waals surface area (Å²) in [7, 11) is 0. The molecule has 30 heavy (non-hydrogen) atoms. The topological polar surface area (TPSA) is 70.8 Å². The summed E-state index contributed by atoms with van der Waals surface area (Å²) in [4.78, 5) is 26.1. The van der Waals surface area contributed by atoms with E-state index in [1.54, 1.807) is 41.3 Å². The van der Waals surface area contributed by atoms with E-state index in [0.29, 0.717) is 32.9 Å². The van der Waals surface area contributed by atoms with Gasteiger partial charge in [-0.1, -0.05) is 60.4 Å². The van der Waals surface area contributed by atoms with Crippen LogP contribution in [-0.4, -0.2) is 26.2 Å². The maximum Gasteiger partial charge on any atom is 0.335 e. The number of carbonyl (C=O) groups is 2. The summed E-state index contributed by atoms with van der Waals surface area (Å²) in [5, 5.41) is 9.23. The SMILES string of the molecule is Cc1ccc(C(=O)O)cc1-c1ccc(/C=C2/SC(=S)N(Cc3ccccc3)C2=O)o1. The molecule has 1 aliphatic heterocycles. The molecule has 4 rings (SSSR count). The molecule has 0 spiro atoms. The first-order valence-corrected chi connectivity index (χ1v) is 10.4. The number of carboxylic acids is 1. The molecule has 7 heteroatoms. The van der Waals surface area contributed by atoms with Gasteiger partial charge in [-0.05, 0) is 42.3 Å². The molecule has 1 amide bonds. The number of furan rings is 1. The lowest BCUT2D eigenvalue weighted by molar-refractivity contribution is -0.122. The molecule has 2 aromatic carbocycles. The number of benzene rings is 2. The van der Waals surface area contributed by atoms with Crippen LogP contribution in [0, 0.1) is 6.92 Å². The maximum atomic E-state index is 12.8. The van der Waals surface area contributed by atoms with Gasteiger partial charge in [0.25, 0.3) is 5.91 Å². The summed E-state index contributed by atoms with van der Waals surface area (Å²) >= 11 is 6.63. The van der Waals surface area contributed by atoms with Crippen molar-refractivity contribution in [3.8, 4) is 11.3 Å². The first-order chi connectivity index (χ1) is 14.4. The first kappa shape index (κ1) is 20.1. The highest BCUT2D eigenvalue weighted by molar-refractivity contribution is 8.26. The molecule has 1 aliphatic rings. The fourth-order valence-corrected chi connectivity index (χ4v) is 4.36. The molecule has 2 heterocycles. The van der Waals surface area contributed by atoms with Crippen molar-refractivity contribution in [3.63, 3.8) is 0 Å². The van der Waals surface area contributed by atoms with Gasteiger partial charge in [-0.2, -0.15) is 0 Å². The summed E-state index contributed by atoms with van der Waals surface area (Å²) in [6.45, 7) is 2.31. The molecule has 0 unspecified atom stereocenters. The second kappa shape index (κ2) is 8.30. The Bertz CT molecular complexity index is 1180. The van der Waals surface area contributed by atoms with Crippen LogP contribution in [0.3, 0.4) is 0 Å². The minimum Gasteiger partial charge on any atom is -0.478 e. The Morgan fingerprint density at radius 1 is 1.17 bits per heavy atom. The van der Waals surface area contributed by atoms with Crippen molar-refractivity contribution in [1.29, 1.82) is 0 Å². The van der Waals surface area contributed by atoms with Gasteiger partial charge in [-0.25, -0.2) is 4.79 Å².